The minimum Gasteiger partial charge on any atom is -0.493 e. The minimum atomic E-state index is 0.431. The fraction of sp³-hybridized carbons (Fsp3) is 0.421. The summed E-state index contributed by atoms with van der Waals surface area (Å²) in [5.41, 5.74) is 2.29. The van der Waals surface area contributed by atoms with E-state index in [9.17, 15) is 0 Å². The first-order valence-electron chi connectivity index (χ1n) is 8.44. The zero-order chi connectivity index (χ0) is 17.9. The van der Waals surface area contributed by atoms with Crippen molar-refractivity contribution in [3.8, 4) is 5.75 Å². The standard InChI is InChI=1S/C19H27N3O2S/c1-15(16-8-11-25-14-16)13-21-19(20-2)22-17-6-4-7-18(12-17)24-10-5-9-23-3/h4,6-8,11-12,14-15H,5,9-10,13H2,1-3H3,(H2,20,21,22). The Hall–Kier alpha value is -2.05. The Morgan fingerprint density at radius 1 is 1.28 bits per heavy atom. The summed E-state index contributed by atoms with van der Waals surface area (Å²) in [5.74, 6) is 2.02. The molecule has 1 unspecified atom stereocenters. The van der Waals surface area contributed by atoms with Crippen LogP contribution in [0.4, 0.5) is 5.69 Å². The van der Waals surface area contributed by atoms with Crippen molar-refractivity contribution in [2.45, 2.75) is 19.3 Å². The van der Waals surface area contributed by atoms with Gasteiger partial charge in [0.1, 0.15) is 5.75 Å². The van der Waals surface area contributed by atoms with Crippen molar-refractivity contribution >= 4 is 23.0 Å². The van der Waals surface area contributed by atoms with Crippen LogP contribution in [0.2, 0.25) is 0 Å². The van der Waals surface area contributed by atoms with Gasteiger partial charge in [-0.25, -0.2) is 0 Å². The van der Waals surface area contributed by atoms with Gasteiger partial charge in [-0.05, 0) is 40.4 Å². The van der Waals surface area contributed by atoms with E-state index in [1.165, 1.54) is 5.56 Å². The van der Waals surface area contributed by atoms with E-state index < -0.39 is 0 Å². The lowest BCUT2D eigenvalue weighted by atomic mass is 10.1. The fourth-order valence-electron chi connectivity index (χ4n) is 2.30. The third-order valence-electron chi connectivity index (χ3n) is 3.77. The molecule has 1 aromatic carbocycles. The summed E-state index contributed by atoms with van der Waals surface area (Å²) >= 11 is 1.73. The normalized spacial score (nSPS) is 12.7. The first-order chi connectivity index (χ1) is 12.2. The molecule has 0 saturated carbocycles. The summed E-state index contributed by atoms with van der Waals surface area (Å²) < 4.78 is 10.8. The summed E-state index contributed by atoms with van der Waals surface area (Å²) in [7, 11) is 3.47. The highest BCUT2D eigenvalue weighted by Crippen LogP contribution is 2.19. The van der Waals surface area contributed by atoms with Gasteiger partial charge in [0.25, 0.3) is 0 Å². The Labute approximate surface area is 154 Å². The minimum absolute atomic E-state index is 0.431. The Balaban J connectivity index is 1.84. The molecule has 2 aromatic rings. The second kappa shape index (κ2) is 10.7. The molecule has 0 saturated heterocycles. The number of thiophene rings is 1. The molecule has 1 aromatic heterocycles. The van der Waals surface area contributed by atoms with E-state index in [0.29, 0.717) is 19.1 Å². The van der Waals surface area contributed by atoms with Crippen LogP contribution in [-0.4, -0.2) is 39.9 Å². The lowest BCUT2D eigenvalue weighted by Gasteiger charge is -2.16. The number of benzene rings is 1. The molecule has 0 radical (unpaired) electrons. The first kappa shape index (κ1) is 19.3. The van der Waals surface area contributed by atoms with Crippen LogP contribution in [0, 0.1) is 0 Å². The zero-order valence-corrected chi connectivity index (χ0v) is 15.9. The maximum atomic E-state index is 5.73. The quantitative estimate of drug-likeness (QED) is 0.403. The molecule has 2 N–H and O–H groups in total. The molecule has 5 nitrogen and oxygen atoms in total. The van der Waals surface area contributed by atoms with Crippen molar-refractivity contribution in [2.75, 3.05) is 39.2 Å². The van der Waals surface area contributed by atoms with Gasteiger partial charge in [0.15, 0.2) is 5.96 Å². The largest absolute Gasteiger partial charge is 0.493 e. The Morgan fingerprint density at radius 3 is 2.88 bits per heavy atom. The van der Waals surface area contributed by atoms with Crippen molar-refractivity contribution in [1.29, 1.82) is 0 Å². The lowest BCUT2D eigenvalue weighted by Crippen LogP contribution is -2.33. The highest BCUT2D eigenvalue weighted by Gasteiger charge is 2.07. The van der Waals surface area contributed by atoms with E-state index in [1.807, 2.05) is 24.3 Å². The van der Waals surface area contributed by atoms with Crippen LogP contribution in [0.15, 0.2) is 46.1 Å². The number of hydrogen-bond acceptors (Lipinski definition) is 4. The zero-order valence-electron chi connectivity index (χ0n) is 15.1. The van der Waals surface area contributed by atoms with Gasteiger partial charge >= 0.3 is 0 Å². The topological polar surface area (TPSA) is 54.9 Å². The van der Waals surface area contributed by atoms with Gasteiger partial charge in [-0.3, -0.25) is 4.99 Å². The average molecular weight is 362 g/mol. The fourth-order valence-corrected chi connectivity index (χ4v) is 3.08. The average Bonchev–Trinajstić information content (AvgIpc) is 3.17. The molecule has 6 heteroatoms. The molecular weight excluding hydrogens is 334 g/mol. The van der Waals surface area contributed by atoms with Gasteiger partial charge in [0.05, 0.1) is 6.61 Å². The van der Waals surface area contributed by atoms with E-state index >= 15 is 0 Å². The van der Waals surface area contributed by atoms with E-state index in [0.717, 1.165) is 30.4 Å². The number of nitrogens with one attached hydrogen (secondary N) is 2. The Kier molecular flexibility index (Phi) is 8.28. The molecule has 0 aliphatic heterocycles. The van der Waals surface area contributed by atoms with E-state index in [-0.39, 0.29) is 0 Å². The molecular formula is C19H27N3O2S. The smallest absolute Gasteiger partial charge is 0.195 e. The number of rotatable bonds is 9. The molecule has 0 amide bonds. The summed E-state index contributed by atoms with van der Waals surface area (Å²) in [6.07, 6.45) is 0.873. The number of anilines is 1. The molecule has 25 heavy (non-hydrogen) atoms. The predicted molar refractivity (Wildman–Crippen MR) is 106 cm³/mol. The molecule has 136 valence electrons. The highest BCUT2D eigenvalue weighted by atomic mass is 32.1. The van der Waals surface area contributed by atoms with Crippen LogP contribution < -0.4 is 15.4 Å². The van der Waals surface area contributed by atoms with E-state index in [4.69, 9.17) is 9.47 Å². The molecule has 0 fully saturated rings. The number of aliphatic imine (C=N–C) groups is 1. The van der Waals surface area contributed by atoms with Gasteiger partial charge in [-0.15, -0.1) is 0 Å². The molecule has 0 bridgehead atoms. The van der Waals surface area contributed by atoms with Crippen LogP contribution in [0.5, 0.6) is 5.75 Å². The highest BCUT2D eigenvalue weighted by molar-refractivity contribution is 7.07. The third-order valence-corrected chi connectivity index (χ3v) is 4.47. The Morgan fingerprint density at radius 2 is 2.16 bits per heavy atom. The van der Waals surface area contributed by atoms with Gasteiger partial charge < -0.3 is 20.1 Å². The maximum absolute atomic E-state index is 5.73. The van der Waals surface area contributed by atoms with Crippen molar-refractivity contribution in [3.05, 3.63) is 46.7 Å². The van der Waals surface area contributed by atoms with Gasteiger partial charge in [-0.2, -0.15) is 11.3 Å². The van der Waals surface area contributed by atoms with Gasteiger partial charge in [0, 0.05) is 45.5 Å². The predicted octanol–water partition coefficient (Wildman–Crippen LogP) is 3.95. The number of nitrogens with zero attached hydrogens (tertiary/aromatic N) is 1. The summed E-state index contributed by atoms with van der Waals surface area (Å²) in [6.45, 7) is 4.37. The second-order valence-electron chi connectivity index (χ2n) is 5.76. The van der Waals surface area contributed by atoms with Crippen molar-refractivity contribution < 1.29 is 9.47 Å². The maximum Gasteiger partial charge on any atom is 0.195 e. The molecule has 1 heterocycles. The van der Waals surface area contributed by atoms with Gasteiger partial charge in [-0.1, -0.05) is 13.0 Å². The number of guanidine groups is 1. The van der Waals surface area contributed by atoms with Crippen LogP contribution in [0.25, 0.3) is 0 Å². The van der Waals surface area contributed by atoms with Crippen LogP contribution in [0.3, 0.4) is 0 Å². The van der Waals surface area contributed by atoms with Crippen molar-refractivity contribution in [3.63, 3.8) is 0 Å². The summed E-state index contributed by atoms with van der Waals surface area (Å²) in [6, 6.07) is 10.1. The van der Waals surface area contributed by atoms with Crippen LogP contribution >= 0.6 is 11.3 Å². The molecule has 0 aliphatic rings. The third kappa shape index (κ3) is 6.76. The molecule has 0 aliphatic carbocycles. The summed E-state index contributed by atoms with van der Waals surface area (Å²) in [4.78, 5) is 4.29. The van der Waals surface area contributed by atoms with Crippen molar-refractivity contribution in [2.24, 2.45) is 4.99 Å². The van der Waals surface area contributed by atoms with E-state index in [1.54, 1.807) is 25.5 Å². The number of hydrogen-bond donors (Lipinski definition) is 2. The van der Waals surface area contributed by atoms with Crippen molar-refractivity contribution in [1.82, 2.24) is 5.32 Å². The summed E-state index contributed by atoms with van der Waals surface area (Å²) in [5, 5.41) is 11.0. The second-order valence-corrected chi connectivity index (χ2v) is 6.54. The van der Waals surface area contributed by atoms with Crippen LogP contribution in [0.1, 0.15) is 24.8 Å². The molecule has 0 spiro atoms. The molecule has 2 rings (SSSR count). The van der Waals surface area contributed by atoms with E-state index in [2.05, 4.69) is 39.4 Å². The lowest BCUT2D eigenvalue weighted by molar-refractivity contribution is 0.172. The number of methoxy groups -OCH3 is 1. The van der Waals surface area contributed by atoms with Crippen LogP contribution in [-0.2, 0) is 4.74 Å². The first-order valence-corrected chi connectivity index (χ1v) is 9.38. The molecule has 1 atom stereocenters. The Bertz CT molecular complexity index is 644. The van der Waals surface area contributed by atoms with Gasteiger partial charge in [0.2, 0.25) is 0 Å². The SMILES string of the molecule is CN=C(NCC(C)c1ccsc1)Nc1cccc(OCCCOC)c1. The monoisotopic (exact) mass is 361 g/mol. The number of ether oxygens (including phenoxy) is 2.